The van der Waals surface area contributed by atoms with E-state index in [1.165, 1.54) is 0 Å². The zero-order valence-electron chi connectivity index (χ0n) is 14.3. The largest absolute Gasteiger partial charge is 0.465 e. The molecule has 2 aliphatic rings. The average molecular weight is 320 g/mol. The Morgan fingerprint density at radius 2 is 1.30 bits per heavy atom. The lowest BCUT2D eigenvalue weighted by Crippen LogP contribution is -2.32. The van der Waals surface area contributed by atoms with Gasteiger partial charge in [0.2, 0.25) is 0 Å². The molecule has 0 aromatic carbocycles. The third-order valence-corrected chi connectivity index (χ3v) is 4.42. The fraction of sp³-hybridized carbons (Fsp3) is 0.684. The first-order valence-corrected chi connectivity index (χ1v) is 8.61. The maximum atomic E-state index is 12.1. The Morgan fingerprint density at radius 3 is 1.65 bits per heavy atom. The van der Waals surface area contributed by atoms with E-state index in [4.69, 9.17) is 9.47 Å². The number of ether oxygens (including phenoxy) is 2. The van der Waals surface area contributed by atoms with Crippen LogP contribution >= 0.6 is 0 Å². The molecule has 128 valence electrons. The molecular formula is C19H28O4. The van der Waals surface area contributed by atoms with Crippen LogP contribution in [-0.2, 0) is 19.1 Å². The monoisotopic (exact) mass is 320 g/mol. The molecule has 4 nitrogen and oxygen atoms in total. The first-order valence-electron chi connectivity index (χ1n) is 8.61. The van der Waals surface area contributed by atoms with Crippen LogP contribution in [0.2, 0.25) is 0 Å². The minimum atomic E-state index is -0.361. The summed E-state index contributed by atoms with van der Waals surface area (Å²) in [5.41, 5.74) is -0.361. The van der Waals surface area contributed by atoms with Crippen molar-refractivity contribution in [1.82, 2.24) is 0 Å². The Kier molecular flexibility index (Phi) is 6.43. The van der Waals surface area contributed by atoms with E-state index >= 15 is 0 Å². The van der Waals surface area contributed by atoms with E-state index < -0.39 is 0 Å². The van der Waals surface area contributed by atoms with Gasteiger partial charge in [-0.05, 0) is 38.5 Å². The maximum Gasteiger partial charge on any atom is 0.309 e. The van der Waals surface area contributed by atoms with Crippen molar-refractivity contribution in [3.63, 3.8) is 0 Å². The maximum absolute atomic E-state index is 12.1. The van der Waals surface area contributed by atoms with Gasteiger partial charge in [-0.15, -0.1) is 0 Å². The Labute approximate surface area is 138 Å². The van der Waals surface area contributed by atoms with E-state index in [0.29, 0.717) is 0 Å². The van der Waals surface area contributed by atoms with Gasteiger partial charge in [0.25, 0.3) is 0 Å². The number of hydrogen-bond donors (Lipinski definition) is 0. The van der Waals surface area contributed by atoms with Gasteiger partial charge in [-0.2, -0.15) is 0 Å². The second-order valence-corrected chi connectivity index (χ2v) is 7.34. The summed E-state index contributed by atoms with van der Waals surface area (Å²) in [5.74, 6) is -0.308. The first-order chi connectivity index (χ1) is 11.0. The summed E-state index contributed by atoms with van der Waals surface area (Å²) in [5, 5.41) is 0. The smallest absolute Gasteiger partial charge is 0.309 e. The number of allylic oxidation sites excluding steroid dienone is 4. The highest BCUT2D eigenvalue weighted by Gasteiger charge is 2.28. The predicted molar refractivity (Wildman–Crippen MR) is 88.7 cm³/mol. The SMILES string of the molecule is CC(C)(COC(=O)C1CC=CCC1)COC(=O)C1CC=CCC1. The van der Waals surface area contributed by atoms with Gasteiger partial charge in [0.05, 0.1) is 25.0 Å². The molecule has 2 atom stereocenters. The van der Waals surface area contributed by atoms with Gasteiger partial charge in [0, 0.05) is 5.41 Å². The zero-order valence-corrected chi connectivity index (χ0v) is 14.3. The molecule has 0 amide bonds. The van der Waals surface area contributed by atoms with Crippen LogP contribution in [0.5, 0.6) is 0 Å². The van der Waals surface area contributed by atoms with Gasteiger partial charge >= 0.3 is 11.9 Å². The van der Waals surface area contributed by atoms with Crippen LogP contribution in [0.1, 0.15) is 52.4 Å². The zero-order chi connectivity index (χ0) is 16.7. The summed E-state index contributed by atoms with van der Waals surface area (Å²) in [4.78, 5) is 24.1. The number of rotatable bonds is 6. The van der Waals surface area contributed by atoms with Crippen molar-refractivity contribution in [3.8, 4) is 0 Å². The molecule has 0 radical (unpaired) electrons. The van der Waals surface area contributed by atoms with E-state index in [9.17, 15) is 9.59 Å². The average Bonchev–Trinajstić information content (AvgIpc) is 2.59. The molecule has 0 fully saturated rings. The fourth-order valence-electron chi connectivity index (χ4n) is 2.83. The number of esters is 2. The Hall–Kier alpha value is -1.58. The Bertz CT molecular complexity index is 434. The van der Waals surface area contributed by atoms with Gasteiger partial charge in [-0.25, -0.2) is 0 Å². The third-order valence-electron chi connectivity index (χ3n) is 4.42. The van der Waals surface area contributed by atoms with Crippen LogP contribution in [0.3, 0.4) is 0 Å². The molecule has 2 aliphatic carbocycles. The second kappa shape index (κ2) is 8.32. The third kappa shape index (κ3) is 5.85. The molecule has 23 heavy (non-hydrogen) atoms. The van der Waals surface area contributed by atoms with Crippen molar-refractivity contribution in [2.75, 3.05) is 13.2 Å². The van der Waals surface area contributed by atoms with Gasteiger partial charge < -0.3 is 9.47 Å². The van der Waals surface area contributed by atoms with Crippen LogP contribution in [0, 0.1) is 17.3 Å². The number of carbonyl (C=O) groups is 2. The van der Waals surface area contributed by atoms with E-state index in [1.807, 2.05) is 26.0 Å². The van der Waals surface area contributed by atoms with Crippen molar-refractivity contribution in [3.05, 3.63) is 24.3 Å². The van der Waals surface area contributed by atoms with E-state index in [-0.39, 0.29) is 42.4 Å². The van der Waals surface area contributed by atoms with Gasteiger partial charge in [-0.3, -0.25) is 9.59 Å². The second-order valence-electron chi connectivity index (χ2n) is 7.34. The molecule has 0 spiro atoms. The highest BCUT2D eigenvalue weighted by Crippen LogP contribution is 2.24. The summed E-state index contributed by atoms with van der Waals surface area (Å²) in [6.07, 6.45) is 13.4. The number of hydrogen-bond acceptors (Lipinski definition) is 4. The van der Waals surface area contributed by atoms with E-state index in [0.717, 1.165) is 38.5 Å². The normalized spacial score (nSPS) is 24.3. The summed E-state index contributed by atoms with van der Waals surface area (Å²) in [7, 11) is 0. The van der Waals surface area contributed by atoms with Crippen molar-refractivity contribution in [1.29, 1.82) is 0 Å². The minimum Gasteiger partial charge on any atom is -0.465 e. The van der Waals surface area contributed by atoms with Crippen molar-refractivity contribution >= 4 is 11.9 Å². The quantitative estimate of drug-likeness (QED) is 0.551. The lowest BCUT2D eigenvalue weighted by molar-refractivity contribution is -0.158. The molecule has 2 unspecified atom stereocenters. The lowest BCUT2D eigenvalue weighted by atomic mass is 9.93. The molecule has 0 saturated heterocycles. The summed E-state index contributed by atoms with van der Waals surface area (Å²) in [6.45, 7) is 4.47. The molecule has 0 aromatic rings. The van der Waals surface area contributed by atoms with E-state index in [1.54, 1.807) is 0 Å². The van der Waals surface area contributed by atoms with Crippen LogP contribution in [0.25, 0.3) is 0 Å². The molecule has 0 bridgehead atoms. The molecule has 0 aromatic heterocycles. The summed E-state index contributed by atoms with van der Waals surface area (Å²) >= 11 is 0. The van der Waals surface area contributed by atoms with Crippen LogP contribution < -0.4 is 0 Å². The van der Waals surface area contributed by atoms with Gasteiger partial charge in [0.15, 0.2) is 0 Å². The van der Waals surface area contributed by atoms with Gasteiger partial charge in [-0.1, -0.05) is 38.2 Å². The molecule has 0 heterocycles. The Balaban J connectivity index is 1.70. The molecule has 0 aliphatic heterocycles. The topological polar surface area (TPSA) is 52.6 Å². The summed E-state index contributed by atoms with van der Waals surface area (Å²) in [6, 6.07) is 0. The molecule has 2 rings (SSSR count). The molecular weight excluding hydrogens is 292 g/mol. The molecule has 4 heteroatoms. The van der Waals surface area contributed by atoms with Crippen molar-refractivity contribution in [2.45, 2.75) is 52.4 Å². The standard InChI is InChI=1S/C19H28O4/c1-19(2,13-22-17(20)15-9-5-3-6-10-15)14-23-18(21)16-11-7-4-8-12-16/h3-5,7,15-16H,6,8-14H2,1-2H3. The van der Waals surface area contributed by atoms with Crippen LogP contribution in [-0.4, -0.2) is 25.2 Å². The first kappa shape index (κ1) is 17.8. The van der Waals surface area contributed by atoms with Crippen LogP contribution in [0.15, 0.2) is 24.3 Å². The molecule has 0 N–H and O–H groups in total. The summed E-state index contributed by atoms with van der Waals surface area (Å²) < 4.78 is 10.9. The van der Waals surface area contributed by atoms with Crippen LogP contribution in [0.4, 0.5) is 0 Å². The molecule has 0 saturated carbocycles. The fourth-order valence-corrected chi connectivity index (χ4v) is 2.83. The highest BCUT2D eigenvalue weighted by atomic mass is 16.5. The number of carbonyl (C=O) groups excluding carboxylic acids is 2. The Morgan fingerprint density at radius 1 is 0.870 bits per heavy atom. The predicted octanol–water partition coefficient (Wildman–Crippen LogP) is 3.81. The van der Waals surface area contributed by atoms with Crippen molar-refractivity contribution < 1.29 is 19.1 Å². The van der Waals surface area contributed by atoms with Crippen molar-refractivity contribution in [2.24, 2.45) is 17.3 Å². The minimum absolute atomic E-state index is 0.0209. The van der Waals surface area contributed by atoms with Gasteiger partial charge in [0.1, 0.15) is 0 Å². The highest BCUT2D eigenvalue weighted by molar-refractivity contribution is 5.73. The lowest BCUT2D eigenvalue weighted by Gasteiger charge is -2.26. The van der Waals surface area contributed by atoms with E-state index in [2.05, 4.69) is 12.2 Å².